The number of amides is 5. The number of benzene rings is 1. The van der Waals surface area contributed by atoms with Gasteiger partial charge in [0.1, 0.15) is 36.0 Å². The molecule has 1 heterocycles. The number of nitrogens with one attached hydrogen (secondary N) is 5. The van der Waals surface area contributed by atoms with Gasteiger partial charge in [0.05, 0.1) is 0 Å². The number of nitrogens with two attached hydrogens (primary N) is 1. The third-order valence-electron chi connectivity index (χ3n) is 7.52. The molecule has 1 aliphatic rings. The molecule has 0 radical (unpaired) electrons. The van der Waals surface area contributed by atoms with Crippen molar-refractivity contribution in [1.29, 1.82) is 0 Å². The van der Waals surface area contributed by atoms with Crippen molar-refractivity contribution in [1.82, 2.24) is 26.6 Å². The highest BCUT2D eigenvalue weighted by atomic mass is 16.3. The number of carbonyl (C=O) groups is 5. The summed E-state index contributed by atoms with van der Waals surface area (Å²) in [6, 6.07) is 1.28. The van der Waals surface area contributed by atoms with Crippen LogP contribution in [0.15, 0.2) is 24.3 Å². The van der Waals surface area contributed by atoms with E-state index < -0.39 is 59.7 Å². The predicted octanol–water partition coefficient (Wildman–Crippen LogP) is 1.25. The monoisotopic (exact) mass is 616 g/mol. The Kier molecular flexibility index (Phi) is 14.6. The first kappa shape index (κ1) is 36.5. The molecule has 1 fully saturated rings. The molecule has 0 unspecified atom stereocenters. The van der Waals surface area contributed by atoms with Crippen LogP contribution >= 0.6 is 0 Å². The third kappa shape index (κ3) is 11.8. The molecule has 1 aliphatic heterocycles. The molecule has 0 aromatic heterocycles. The average molecular weight is 617 g/mol. The summed E-state index contributed by atoms with van der Waals surface area (Å²) in [6.07, 6.45) is 2.16. The fourth-order valence-corrected chi connectivity index (χ4v) is 5.11. The number of phenolic OH excluding ortho intramolecular Hbond substituents is 1. The molecule has 12 nitrogen and oxygen atoms in total. The molecular weight excluding hydrogens is 564 g/mol. The van der Waals surface area contributed by atoms with Gasteiger partial charge < -0.3 is 37.4 Å². The number of aromatic hydroxyl groups is 1. The number of hydrogen-bond donors (Lipinski definition) is 7. The van der Waals surface area contributed by atoms with E-state index in [4.69, 9.17) is 5.73 Å². The second-order valence-electron chi connectivity index (χ2n) is 12.9. The smallest absolute Gasteiger partial charge is 0.243 e. The van der Waals surface area contributed by atoms with Crippen LogP contribution in [0, 0.1) is 17.8 Å². The minimum atomic E-state index is -1.09. The third-order valence-corrected chi connectivity index (χ3v) is 7.52. The molecule has 1 aromatic carbocycles. The lowest BCUT2D eigenvalue weighted by Gasteiger charge is -2.28. The highest BCUT2D eigenvalue weighted by Gasteiger charge is 2.35. The van der Waals surface area contributed by atoms with Gasteiger partial charge in [-0.3, -0.25) is 24.0 Å². The minimum absolute atomic E-state index is 0.0188. The molecule has 5 amide bonds. The maximum atomic E-state index is 13.8. The zero-order valence-electron chi connectivity index (χ0n) is 26.9. The Morgan fingerprint density at radius 1 is 0.636 bits per heavy atom. The van der Waals surface area contributed by atoms with Crippen LogP contribution in [0.2, 0.25) is 0 Å². The number of hydrogen-bond acceptors (Lipinski definition) is 7. The van der Waals surface area contributed by atoms with E-state index >= 15 is 0 Å². The molecule has 0 spiro atoms. The molecule has 1 aromatic rings. The molecule has 0 aliphatic carbocycles. The summed E-state index contributed by atoms with van der Waals surface area (Å²) in [5.41, 5.74) is 6.34. The van der Waals surface area contributed by atoms with Crippen molar-refractivity contribution in [3.05, 3.63) is 29.8 Å². The van der Waals surface area contributed by atoms with Crippen molar-refractivity contribution in [2.75, 3.05) is 6.54 Å². The van der Waals surface area contributed by atoms with Gasteiger partial charge in [0.25, 0.3) is 0 Å². The topological polar surface area (TPSA) is 192 Å². The lowest BCUT2D eigenvalue weighted by Crippen LogP contribution is -2.59. The zero-order chi connectivity index (χ0) is 33.0. The normalized spacial score (nSPS) is 24.2. The van der Waals surface area contributed by atoms with Crippen LogP contribution in [0.25, 0.3) is 0 Å². The van der Waals surface area contributed by atoms with Gasteiger partial charge in [-0.1, -0.05) is 53.7 Å². The van der Waals surface area contributed by atoms with Crippen LogP contribution < -0.4 is 32.3 Å². The molecule has 246 valence electrons. The lowest BCUT2D eigenvalue weighted by molar-refractivity contribution is -0.135. The fourth-order valence-electron chi connectivity index (χ4n) is 5.11. The van der Waals surface area contributed by atoms with E-state index in [0.717, 1.165) is 0 Å². The fraction of sp³-hybridized carbons (Fsp3) is 0.656. The van der Waals surface area contributed by atoms with Crippen molar-refractivity contribution in [2.24, 2.45) is 23.5 Å². The van der Waals surface area contributed by atoms with Crippen molar-refractivity contribution in [3.63, 3.8) is 0 Å². The number of carbonyl (C=O) groups excluding carboxylic acids is 5. The van der Waals surface area contributed by atoms with E-state index in [2.05, 4.69) is 26.6 Å². The van der Waals surface area contributed by atoms with E-state index in [1.54, 1.807) is 26.0 Å². The molecule has 0 saturated carbocycles. The van der Waals surface area contributed by atoms with Crippen LogP contribution in [0.3, 0.4) is 0 Å². The van der Waals surface area contributed by atoms with E-state index in [1.807, 2.05) is 27.7 Å². The SMILES string of the molecule is CC(C)C[C@@H]1NC(=O)[C@H](C(C)C)NC(=O)[C@H](CCCCN)NC(=O)[C@H](CC(C)C)NC(=O)[C@@H](Cc2ccc(O)cc2)NC1=O. The Morgan fingerprint density at radius 3 is 1.59 bits per heavy atom. The Morgan fingerprint density at radius 2 is 1.09 bits per heavy atom. The van der Waals surface area contributed by atoms with Crippen LogP contribution in [0.4, 0.5) is 0 Å². The molecule has 8 N–H and O–H groups in total. The number of phenols is 1. The molecular formula is C32H52N6O6. The van der Waals surface area contributed by atoms with Gasteiger partial charge in [0.15, 0.2) is 0 Å². The number of rotatable bonds is 11. The minimum Gasteiger partial charge on any atom is -0.508 e. The number of unbranched alkanes of at least 4 members (excludes halogenated alkanes) is 1. The maximum absolute atomic E-state index is 13.8. The molecule has 2 rings (SSSR count). The Bertz CT molecular complexity index is 1120. The van der Waals surface area contributed by atoms with E-state index in [0.29, 0.717) is 44.2 Å². The zero-order valence-corrected chi connectivity index (χ0v) is 26.9. The van der Waals surface area contributed by atoms with Gasteiger partial charge in [-0.15, -0.1) is 0 Å². The first-order valence-corrected chi connectivity index (χ1v) is 15.7. The van der Waals surface area contributed by atoms with Crippen molar-refractivity contribution in [2.45, 2.75) is 110 Å². The quantitative estimate of drug-likeness (QED) is 0.182. The highest BCUT2D eigenvalue weighted by molar-refractivity contribution is 5.98. The first-order chi connectivity index (χ1) is 20.7. The first-order valence-electron chi connectivity index (χ1n) is 15.7. The van der Waals surface area contributed by atoms with E-state index in [1.165, 1.54) is 12.1 Å². The summed E-state index contributed by atoms with van der Waals surface area (Å²) < 4.78 is 0. The lowest BCUT2D eigenvalue weighted by atomic mass is 9.98. The predicted molar refractivity (Wildman–Crippen MR) is 168 cm³/mol. The van der Waals surface area contributed by atoms with Crippen molar-refractivity contribution in [3.8, 4) is 5.75 Å². The Labute approximate surface area is 261 Å². The van der Waals surface area contributed by atoms with Gasteiger partial charge >= 0.3 is 0 Å². The molecule has 12 heteroatoms. The summed E-state index contributed by atoms with van der Waals surface area (Å²) in [6.45, 7) is 11.6. The second-order valence-corrected chi connectivity index (χ2v) is 12.9. The Balaban J connectivity index is 2.58. The molecule has 1 saturated heterocycles. The largest absolute Gasteiger partial charge is 0.508 e. The van der Waals surface area contributed by atoms with E-state index in [-0.39, 0.29) is 29.9 Å². The summed E-state index contributed by atoms with van der Waals surface area (Å²) in [7, 11) is 0. The summed E-state index contributed by atoms with van der Waals surface area (Å²) >= 11 is 0. The van der Waals surface area contributed by atoms with Gasteiger partial charge in [-0.25, -0.2) is 0 Å². The van der Waals surface area contributed by atoms with Gasteiger partial charge in [-0.05, 0) is 74.1 Å². The van der Waals surface area contributed by atoms with Gasteiger partial charge in [0, 0.05) is 6.42 Å². The van der Waals surface area contributed by atoms with Crippen molar-refractivity contribution < 1.29 is 29.1 Å². The van der Waals surface area contributed by atoms with Crippen LogP contribution in [0.5, 0.6) is 5.75 Å². The molecule has 5 atom stereocenters. The van der Waals surface area contributed by atoms with Gasteiger partial charge in [-0.2, -0.15) is 0 Å². The molecule has 0 bridgehead atoms. The second kappa shape index (κ2) is 17.6. The summed E-state index contributed by atoms with van der Waals surface area (Å²) in [4.78, 5) is 68.1. The van der Waals surface area contributed by atoms with Crippen LogP contribution in [0.1, 0.15) is 79.2 Å². The molecule has 44 heavy (non-hydrogen) atoms. The summed E-state index contributed by atoms with van der Waals surface area (Å²) in [5.74, 6) is -2.96. The maximum Gasteiger partial charge on any atom is 0.243 e. The van der Waals surface area contributed by atoms with Gasteiger partial charge in [0.2, 0.25) is 29.5 Å². The van der Waals surface area contributed by atoms with Crippen molar-refractivity contribution >= 4 is 29.5 Å². The Hall–Kier alpha value is -3.67. The standard InChI is InChI=1S/C32H52N6O6/c1-18(2)15-24-29(41)34-23(9-7-8-14-33)28(40)38-27(20(5)6)32(44)37-25(16-19(3)4)30(42)36-26(31(43)35-24)17-21-10-12-22(39)13-11-21/h10-13,18-20,23-27,39H,7-9,14-17,33H2,1-6H3,(H,34,41)(H,35,43)(H,36,42)(H,37,44)(H,38,40)/t23-,24-,25-,26+,27-/m0/s1. The average Bonchev–Trinajstić information content (AvgIpc) is 2.94. The van der Waals surface area contributed by atoms with Crippen LogP contribution in [-0.2, 0) is 30.4 Å². The van der Waals surface area contributed by atoms with E-state index in [9.17, 15) is 29.1 Å². The summed E-state index contributed by atoms with van der Waals surface area (Å²) in [5, 5.41) is 23.7. The van der Waals surface area contributed by atoms with Crippen LogP contribution in [-0.4, -0.2) is 71.4 Å². The highest BCUT2D eigenvalue weighted by Crippen LogP contribution is 2.15.